The average molecular weight is 397 g/mol. The highest BCUT2D eigenvalue weighted by Gasteiger charge is 2.34. The number of ether oxygens (including phenoxy) is 2. The maximum absolute atomic E-state index is 12.2. The van der Waals surface area contributed by atoms with E-state index in [1.165, 1.54) is 6.08 Å². The summed E-state index contributed by atoms with van der Waals surface area (Å²) >= 11 is 0. The fourth-order valence-corrected chi connectivity index (χ4v) is 3.86. The Balaban J connectivity index is 1.67. The highest BCUT2D eigenvalue weighted by Crippen LogP contribution is 2.38. The number of nitrogens with zero attached hydrogens (tertiary/aromatic N) is 3. The fourth-order valence-electron chi connectivity index (χ4n) is 3.86. The highest BCUT2D eigenvalue weighted by molar-refractivity contribution is 5.98. The van der Waals surface area contributed by atoms with Gasteiger partial charge in [0.2, 0.25) is 5.91 Å². The molecular formula is C20H23N5O4. The van der Waals surface area contributed by atoms with E-state index < -0.39 is 12.0 Å². The van der Waals surface area contributed by atoms with Crippen molar-refractivity contribution >= 4 is 17.6 Å². The van der Waals surface area contributed by atoms with Crippen LogP contribution in [0.3, 0.4) is 0 Å². The summed E-state index contributed by atoms with van der Waals surface area (Å²) in [5, 5.41) is 4.59. The Morgan fingerprint density at radius 1 is 1.28 bits per heavy atom. The molecule has 4 N–H and O–H groups in total. The van der Waals surface area contributed by atoms with Gasteiger partial charge in [-0.1, -0.05) is 18.7 Å². The first kappa shape index (κ1) is 18.9. The number of nitrogen functional groups attached to an aromatic ring is 1. The van der Waals surface area contributed by atoms with E-state index in [0.29, 0.717) is 30.3 Å². The van der Waals surface area contributed by atoms with Crippen LogP contribution in [0.2, 0.25) is 0 Å². The first-order valence-corrected chi connectivity index (χ1v) is 9.47. The summed E-state index contributed by atoms with van der Waals surface area (Å²) in [6.45, 7) is 4.80. The van der Waals surface area contributed by atoms with E-state index >= 15 is 0 Å². The van der Waals surface area contributed by atoms with E-state index in [-0.39, 0.29) is 29.9 Å². The molecule has 4 rings (SSSR count). The number of carbonyl (C=O) groups excluding carboxylic acids is 2. The van der Waals surface area contributed by atoms with Crippen LogP contribution in [0.1, 0.15) is 41.0 Å². The Morgan fingerprint density at radius 2 is 2.03 bits per heavy atom. The van der Waals surface area contributed by atoms with Gasteiger partial charge in [0.05, 0.1) is 6.04 Å². The summed E-state index contributed by atoms with van der Waals surface area (Å²) in [4.78, 5) is 25.9. The number of hydrogen-bond donors (Lipinski definition) is 2. The van der Waals surface area contributed by atoms with Crippen molar-refractivity contribution in [3.05, 3.63) is 48.2 Å². The van der Waals surface area contributed by atoms with E-state index in [1.807, 2.05) is 12.1 Å². The van der Waals surface area contributed by atoms with Gasteiger partial charge in [-0.3, -0.25) is 9.59 Å². The number of aromatic nitrogens is 2. The lowest BCUT2D eigenvalue weighted by atomic mass is 10.1. The Kier molecular flexibility index (Phi) is 4.87. The number of piperidine rings is 1. The van der Waals surface area contributed by atoms with Gasteiger partial charge in [-0.05, 0) is 31.1 Å². The van der Waals surface area contributed by atoms with Gasteiger partial charge in [0.15, 0.2) is 17.6 Å². The summed E-state index contributed by atoms with van der Waals surface area (Å²) < 4.78 is 13.3. The monoisotopic (exact) mass is 397 g/mol. The number of rotatable bonds is 4. The number of fused-ring (bicyclic) bond motifs is 1. The van der Waals surface area contributed by atoms with Gasteiger partial charge in [0, 0.05) is 13.1 Å². The first-order valence-electron chi connectivity index (χ1n) is 9.47. The lowest BCUT2D eigenvalue weighted by Gasteiger charge is -2.32. The zero-order valence-electron chi connectivity index (χ0n) is 15.9. The standard InChI is InChI=1S/C20H23N5O4/c1-2-16(26)24-9-5-6-12(10-24)25-19(21)17(20(22)27)18(23-25)15-11-28-13-7-3-4-8-14(13)29-15/h2-4,7-8,12,15H,1,5-6,9-11,21H2,(H2,22,27)/t12-,15?/m1/s1. The predicted octanol–water partition coefficient (Wildman–Crippen LogP) is 1.43. The van der Waals surface area contributed by atoms with Gasteiger partial charge in [-0.2, -0.15) is 5.10 Å². The molecule has 1 aromatic heterocycles. The summed E-state index contributed by atoms with van der Waals surface area (Å²) in [6, 6.07) is 7.10. The van der Waals surface area contributed by atoms with Crippen LogP contribution in [0.4, 0.5) is 5.82 Å². The lowest BCUT2D eigenvalue weighted by Crippen LogP contribution is -2.40. The number of benzene rings is 1. The molecule has 2 amide bonds. The van der Waals surface area contributed by atoms with Crippen LogP contribution in [0.25, 0.3) is 0 Å². The van der Waals surface area contributed by atoms with Crippen LogP contribution in [-0.2, 0) is 4.79 Å². The normalized spacial score (nSPS) is 20.9. The first-order chi connectivity index (χ1) is 14.0. The molecule has 0 spiro atoms. The second-order valence-electron chi connectivity index (χ2n) is 7.10. The summed E-state index contributed by atoms with van der Waals surface area (Å²) in [5.74, 6) is 0.542. The third-order valence-corrected chi connectivity index (χ3v) is 5.26. The van der Waals surface area contributed by atoms with Crippen LogP contribution in [0.15, 0.2) is 36.9 Å². The van der Waals surface area contributed by atoms with E-state index in [9.17, 15) is 9.59 Å². The summed E-state index contributed by atoms with van der Waals surface area (Å²) in [6.07, 6.45) is 2.24. The minimum absolute atomic E-state index is 0.130. The fraction of sp³-hybridized carbons (Fsp3) is 0.350. The summed E-state index contributed by atoms with van der Waals surface area (Å²) in [5.41, 5.74) is 12.4. The molecule has 1 aromatic carbocycles. The average Bonchev–Trinajstić information content (AvgIpc) is 3.10. The zero-order chi connectivity index (χ0) is 20.5. The Bertz CT molecular complexity index is 970. The zero-order valence-corrected chi connectivity index (χ0v) is 15.9. The maximum atomic E-state index is 12.2. The molecule has 2 aliphatic heterocycles. The van der Waals surface area contributed by atoms with Crippen LogP contribution < -0.4 is 20.9 Å². The summed E-state index contributed by atoms with van der Waals surface area (Å²) in [7, 11) is 0. The quantitative estimate of drug-likeness (QED) is 0.752. The lowest BCUT2D eigenvalue weighted by molar-refractivity contribution is -0.127. The molecule has 9 nitrogen and oxygen atoms in total. The number of hydrogen-bond acceptors (Lipinski definition) is 6. The number of primary amides is 1. The molecule has 2 aliphatic rings. The maximum Gasteiger partial charge on any atom is 0.254 e. The largest absolute Gasteiger partial charge is 0.485 e. The number of para-hydroxylation sites is 2. The smallest absolute Gasteiger partial charge is 0.254 e. The molecule has 1 unspecified atom stereocenters. The van der Waals surface area contributed by atoms with Crippen LogP contribution >= 0.6 is 0 Å². The van der Waals surface area contributed by atoms with Gasteiger partial charge >= 0.3 is 0 Å². The Hall–Kier alpha value is -3.49. The van der Waals surface area contributed by atoms with Crippen LogP contribution in [0.5, 0.6) is 11.5 Å². The molecule has 152 valence electrons. The molecule has 0 bridgehead atoms. The van der Waals surface area contributed by atoms with Crippen molar-refractivity contribution in [1.29, 1.82) is 0 Å². The number of carbonyl (C=O) groups is 2. The number of amides is 2. The van der Waals surface area contributed by atoms with Crippen molar-refractivity contribution in [1.82, 2.24) is 14.7 Å². The van der Waals surface area contributed by atoms with Crippen molar-refractivity contribution in [2.45, 2.75) is 25.0 Å². The third kappa shape index (κ3) is 3.39. The van der Waals surface area contributed by atoms with Crippen molar-refractivity contribution in [2.24, 2.45) is 5.73 Å². The second-order valence-corrected chi connectivity index (χ2v) is 7.10. The van der Waals surface area contributed by atoms with Gasteiger partial charge in [-0.25, -0.2) is 4.68 Å². The van der Waals surface area contributed by atoms with E-state index in [4.69, 9.17) is 20.9 Å². The molecule has 0 saturated carbocycles. The van der Waals surface area contributed by atoms with Gasteiger partial charge in [0.1, 0.15) is 23.7 Å². The van der Waals surface area contributed by atoms with Crippen LogP contribution in [-0.4, -0.2) is 46.2 Å². The molecule has 2 atom stereocenters. The minimum Gasteiger partial charge on any atom is -0.485 e. The molecule has 0 radical (unpaired) electrons. The minimum atomic E-state index is -0.680. The molecule has 9 heteroatoms. The van der Waals surface area contributed by atoms with E-state index in [1.54, 1.807) is 21.7 Å². The van der Waals surface area contributed by atoms with Crippen molar-refractivity contribution in [3.8, 4) is 11.5 Å². The van der Waals surface area contributed by atoms with E-state index in [2.05, 4.69) is 11.7 Å². The Morgan fingerprint density at radius 3 is 2.76 bits per heavy atom. The van der Waals surface area contributed by atoms with Crippen molar-refractivity contribution in [2.75, 3.05) is 25.4 Å². The van der Waals surface area contributed by atoms with E-state index in [0.717, 1.165) is 12.8 Å². The van der Waals surface area contributed by atoms with Gasteiger partial charge < -0.3 is 25.8 Å². The van der Waals surface area contributed by atoms with Crippen LogP contribution in [0, 0.1) is 0 Å². The molecule has 3 heterocycles. The van der Waals surface area contributed by atoms with Gasteiger partial charge in [-0.15, -0.1) is 0 Å². The number of anilines is 1. The molecule has 0 aliphatic carbocycles. The number of likely N-dealkylation sites (tertiary alicyclic amines) is 1. The van der Waals surface area contributed by atoms with Gasteiger partial charge in [0.25, 0.3) is 5.91 Å². The van der Waals surface area contributed by atoms with Crippen molar-refractivity contribution < 1.29 is 19.1 Å². The number of nitrogens with two attached hydrogens (primary N) is 2. The third-order valence-electron chi connectivity index (χ3n) is 5.26. The molecule has 1 fully saturated rings. The SMILES string of the molecule is C=CC(=O)N1CCC[C@@H](n2nc(C3COc4ccccc4O3)c(C(N)=O)c2N)C1. The topological polar surface area (TPSA) is 126 Å². The second kappa shape index (κ2) is 7.50. The highest BCUT2D eigenvalue weighted by atomic mass is 16.6. The predicted molar refractivity (Wildman–Crippen MR) is 106 cm³/mol. The molecule has 29 heavy (non-hydrogen) atoms. The van der Waals surface area contributed by atoms with Crippen molar-refractivity contribution in [3.63, 3.8) is 0 Å². The molecule has 2 aromatic rings. The Labute approximate surface area is 167 Å². The molecule has 1 saturated heterocycles. The molecular weight excluding hydrogens is 374 g/mol.